The number of pyridine rings is 2. The first-order valence-electron chi connectivity index (χ1n) is 9.52. The zero-order valence-corrected chi connectivity index (χ0v) is 16.9. The summed E-state index contributed by atoms with van der Waals surface area (Å²) in [5.41, 5.74) is -2.23. The van der Waals surface area contributed by atoms with Crippen molar-refractivity contribution in [3.8, 4) is 5.88 Å². The fraction of sp³-hybridized carbons (Fsp3) is 0.450. The molecular formula is C20H17ClF3N3O4. The van der Waals surface area contributed by atoms with Crippen LogP contribution in [-0.4, -0.2) is 46.4 Å². The number of aliphatic hydroxyl groups excluding tert-OH is 1. The van der Waals surface area contributed by atoms with Gasteiger partial charge in [0, 0.05) is 30.3 Å². The number of aliphatic hydroxyl groups is 1. The van der Waals surface area contributed by atoms with Crippen molar-refractivity contribution in [1.82, 2.24) is 9.97 Å². The van der Waals surface area contributed by atoms with Crippen molar-refractivity contribution < 1.29 is 32.5 Å². The second kappa shape index (κ2) is 6.54. The molecule has 0 aromatic carbocycles. The van der Waals surface area contributed by atoms with Crippen molar-refractivity contribution in [2.75, 3.05) is 12.4 Å². The zero-order chi connectivity index (χ0) is 22.2. The summed E-state index contributed by atoms with van der Waals surface area (Å²) in [5, 5.41) is 12.4. The third kappa shape index (κ3) is 2.71. The van der Waals surface area contributed by atoms with Gasteiger partial charge in [-0.15, -0.1) is 0 Å². The van der Waals surface area contributed by atoms with Crippen LogP contribution >= 0.6 is 11.6 Å². The lowest BCUT2D eigenvalue weighted by Gasteiger charge is -2.29. The molecule has 0 radical (unpaired) electrons. The SMILES string of the molecule is COc1cc([C@@]23C[C@]2(C(=O)Nc2cc(C(F)(F)F)c(Cl)cn2)[C@H]2C[C@H](O)[C@@H]3O2)ccn1. The molecule has 2 aliphatic heterocycles. The van der Waals surface area contributed by atoms with Gasteiger partial charge >= 0.3 is 6.18 Å². The van der Waals surface area contributed by atoms with Crippen molar-refractivity contribution >= 4 is 23.3 Å². The van der Waals surface area contributed by atoms with Gasteiger partial charge in [-0.25, -0.2) is 9.97 Å². The molecule has 164 valence electrons. The number of hydrogen-bond acceptors (Lipinski definition) is 6. The lowest BCUT2D eigenvalue weighted by atomic mass is 9.74. The van der Waals surface area contributed by atoms with Gasteiger partial charge in [0.25, 0.3) is 0 Å². The highest BCUT2D eigenvalue weighted by Crippen LogP contribution is 2.77. The Morgan fingerprint density at radius 3 is 2.87 bits per heavy atom. The van der Waals surface area contributed by atoms with Gasteiger partial charge in [-0.2, -0.15) is 13.2 Å². The highest BCUT2D eigenvalue weighted by molar-refractivity contribution is 6.31. The Kier molecular flexibility index (Phi) is 4.32. The van der Waals surface area contributed by atoms with E-state index >= 15 is 0 Å². The number of carbonyl (C=O) groups is 1. The fourth-order valence-electron chi connectivity index (χ4n) is 5.28. The Hall–Kier alpha value is -2.43. The molecule has 1 saturated carbocycles. The standard InChI is InChI=1S/C20H17ClF3N3O4/c1-30-15-4-9(2-3-25-15)18-8-19(18,13-6-12(28)16(18)31-13)17(29)27-14-5-10(20(22,23)24)11(21)7-26-14/h2-5,7,12-13,16,28H,6,8H2,1H3,(H,26,27,29)/t12-,13+,16-,18+,19+/m0/s1. The summed E-state index contributed by atoms with van der Waals surface area (Å²) in [6.45, 7) is 0. The quantitative estimate of drug-likeness (QED) is 0.736. The van der Waals surface area contributed by atoms with Crippen LogP contribution in [-0.2, 0) is 21.1 Å². The van der Waals surface area contributed by atoms with Crippen molar-refractivity contribution in [3.63, 3.8) is 0 Å². The minimum Gasteiger partial charge on any atom is -0.481 e. The number of aromatic nitrogens is 2. The molecule has 2 bridgehead atoms. The molecular weight excluding hydrogens is 439 g/mol. The number of nitrogens with one attached hydrogen (secondary N) is 1. The molecule has 4 heterocycles. The lowest BCUT2D eigenvalue weighted by Crippen LogP contribution is -2.44. The van der Waals surface area contributed by atoms with Crippen LogP contribution < -0.4 is 10.1 Å². The number of alkyl halides is 3. The van der Waals surface area contributed by atoms with Gasteiger partial charge in [-0.1, -0.05) is 11.6 Å². The minimum atomic E-state index is -4.69. The monoisotopic (exact) mass is 455 g/mol. The molecule has 5 atom stereocenters. The van der Waals surface area contributed by atoms with Gasteiger partial charge in [0.2, 0.25) is 11.8 Å². The molecule has 5 rings (SSSR count). The third-order valence-corrected chi connectivity index (χ3v) is 6.95. The van der Waals surface area contributed by atoms with E-state index in [4.69, 9.17) is 21.1 Å². The first-order valence-corrected chi connectivity index (χ1v) is 9.89. The summed E-state index contributed by atoms with van der Waals surface area (Å²) < 4.78 is 50.7. The maximum atomic E-state index is 13.4. The second-order valence-corrected chi connectivity index (χ2v) is 8.46. The molecule has 11 heteroatoms. The number of fused-ring (bicyclic) bond motifs is 5. The van der Waals surface area contributed by atoms with Gasteiger partial charge < -0.3 is 19.9 Å². The van der Waals surface area contributed by atoms with Crippen LogP contribution in [0.15, 0.2) is 30.6 Å². The summed E-state index contributed by atoms with van der Waals surface area (Å²) in [5.74, 6) is -0.419. The average Bonchev–Trinajstić information content (AvgIpc) is 3.22. The van der Waals surface area contributed by atoms with Crippen LogP contribution in [0.1, 0.15) is 24.0 Å². The predicted molar refractivity (Wildman–Crippen MR) is 102 cm³/mol. The van der Waals surface area contributed by atoms with E-state index in [1.54, 1.807) is 18.3 Å². The molecule has 31 heavy (non-hydrogen) atoms. The normalized spacial score (nSPS) is 33.2. The molecule has 2 aromatic heterocycles. The van der Waals surface area contributed by atoms with E-state index in [2.05, 4.69) is 15.3 Å². The summed E-state index contributed by atoms with van der Waals surface area (Å²) in [4.78, 5) is 21.3. The number of nitrogens with zero attached hydrogens (tertiary/aromatic N) is 2. The van der Waals surface area contributed by atoms with Crippen molar-refractivity contribution in [2.45, 2.75) is 42.7 Å². The minimum absolute atomic E-state index is 0.257. The topological polar surface area (TPSA) is 93.6 Å². The first kappa shape index (κ1) is 20.5. The Bertz CT molecular complexity index is 1080. The third-order valence-electron chi connectivity index (χ3n) is 6.65. The molecule has 2 aromatic rings. The first-order chi connectivity index (χ1) is 14.6. The Morgan fingerprint density at radius 2 is 2.16 bits per heavy atom. The predicted octanol–water partition coefficient (Wildman–Crippen LogP) is 2.96. The zero-order valence-electron chi connectivity index (χ0n) is 16.1. The number of methoxy groups -OCH3 is 1. The maximum absolute atomic E-state index is 13.4. The Labute approximate surface area is 179 Å². The van der Waals surface area contributed by atoms with Crippen molar-refractivity contribution in [1.29, 1.82) is 0 Å². The molecule has 1 aliphatic carbocycles. The van der Waals surface area contributed by atoms with Gasteiger partial charge in [-0.3, -0.25) is 4.79 Å². The Morgan fingerprint density at radius 1 is 1.39 bits per heavy atom. The van der Waals surface area contributed by atoms with E-state index in [1.165, 1.54) is 7.11 Å². The largest absolute Gasteiger partial charge is 0.481 e. The van der Waals surface area contributed by atoms with E-state index in [0.717, 1.165) is 11.8 Å². The number of carbonyl (C=O) groups excluding carboxylic acids is 1. The second-order valence-electron chi connectivity index (χ2n) is 8.06. The van der Waals surface area contributed by atoms with Crippen LogP contribution in [0.25, 0.3) is 0 Å². The number of ether oxygens (including phenoxy) is 2. The Balaban J connectivity index is 1.51. The van der Waals surface area contributed by atoms with Gasteiger partial charge in [-0.05, 0) is 24.1 Å². The van der Waals surface area contributed by atoms with Gasteiger partial charge in [0.1, 0.15) is 5.82 Å². The molecule has 1 amide bonds. The highest BCUT2D eigenvalue weighted by Gasteiger charge is 2.87. The molecule has 2 N–H and O–H groups in total. The number of hydrogen-bond donors (Lipinski definition) is 2. The van der Waals surface area contributed by atoms with E-state index in [1.807, 2.05) is 0 Å². The number of anilines is 1. The maximum Gasteiger partial charge on any atom is 0.418 e. The van der Waals surface area contributed by atoms with Crippen LogP contribution in [0, 0.1) is 5.41 Å². The average molecular weight is 456 g/mol. The summed E-state index contributed by atoms with van der Waals surface area (Å²) in [6.07, 6.45) is -3.58. The molecule has 0 spiro atoms. The molecule has 7 nitrogen and oxygen atoms in total. The number of amides is 1. The van der Waals surface area contributed by atoms with Crippen molar-refractivity contribution in [3.05, 3.63) is 46.7 Å². The van der Waals surface area contributed by atoms with Gasteiger partial charge in [0.15, 0.2) is 0 Å². The fourth-order valence-corrected chi connectivity index (χ4v) is 5.49. The molecule has 0 unspecified atom stereocenters. The van der Waals surface area contributed by atoms with E-state index in [9.17, 15) is 23.1 Å². The highest BCUT2D eigenvalue weighted by atomic mass is 35.5. The molecule has 3 aliphatic rings. The summed E-state index contributed by atoms with van der Waals surface area (Å²) in [7, 11) is 1.47. The summed E-state index contributed by atoms with van der Waals surface area (Å²) >= 11 is 5.62. The van der Waals surface area contributed by atoms with Crippen LogP contribution in [0.5, 0.6) is 5.88 Å². The van der Waals surface area contributed by atoms with E-state index in [-0.39, 0.29) is 12.2 Å². The molecule has 3 fully saturated rings. The van der Waals surface area contributed by atoms with Crippen molar-refractivity contribution in [2.24, 2.45) is 5.41 Å². The van der Waals surface area contributed by atoms with Crippen LogP contribution in [0.4, 0.5) is 19.0 Å². The van der Waals surface area contributed by atoms with Crippen LogP contribution in [0.3, 0.4) is 0 Å². The smallest absolute Gasteiger partial charge is 0.418 e. The summed E-state index contributed by atoms with van der Waals surface area (Å²) in [6, 6.07) is 4.13. The van der Waals surface area contributed by atoms with E-state index in [0.29, 0.717) is 18.4 Å². The van der Waals surface area contributed by atoms with Gasteiger partial charge in [0.05, 0.1) is 41.4 Å². The van der Waals surface area contributed by atoms with E-state index < -0.39 is 51.8 Å². The lowest BCUT2D eigenvalue weighted by molar-refractivity contribution is -0.137. The number of halogens is 4. The van der Waals surface area contributed by atoms with Crippen LogP contribution in [0.2, 0.25) is 5.02 Å². The number of rotatable bonds is 4. The molecule has 2 saturated heterocycles.